The molecule has 0 aromatic heterocycles. The minimum absolute atomic E-state index is 0. The third-order valence-electron chi connectivity index (χ3n) is 1.85. The Bertz CT molecular complexity index is 228. The van der Waals surface area contributed by atoms with Crippen molar-refractivity contribution in [2.24, 2.45) is 0 Å². The summed E-state index contributed by atoms with van der Waals surface area (Å²) in [5.74, 6) is 0. The summed E-state index contributed by atoms with van der Waals surface area (Å²) in [6.45, 7) is 0. The van der Waals surface area contributed by atoms with Gasteiger partial charge in [0.25, 0.3) is 0 Å². The molecule has 2 fully saturated rings. The van der Waals surface area contributed by atoms with Crippen molar-refractivity contribution in [1.29, 1.82) is 0 Å². The summed E-state index contributed by atoms with van der Waals surface area (Å²) < 4.78 is 1.33. The van der Waals surface area contributed by atoms with E-state index in [-0.39, 0.29) is 21.7 Å². The van der Waals surface area contributed by atoms with E-state index in [2.05, 4.69) is 12.1 Å². The van der Waals surface area contributed by atoms with E-state index in [0.29, 0.717) is 0 Å². The predicted octanol–water partition coefficient (Wildman–Crippen LogP) is 2.52. The zero-order valence-electron chi connectivity index (χ0n) is 10.1. The average Bonchev–Trinajstić information content (AvgIpc) is 3.09. The van der Waals surface area contributed by atoms with Gasteiger partial charge in [0.15, 0.2) is 0 Å². The van der Waals surface area contributed by atoms with E-state index in [1.54, 1.807) is 0 Å². The summed E-state index contributed by atoms with van der Waals surface area (Å²) in [6.07, 6.45) is 20.0. The molecule has 0 spiro atoms. The fraction of sp³-hybridized carbons (Fsp3) is 0. The van der Waals surface area contributed by atoms with Gasteiger partial charge in [0.2, 0.25) is 0 Å². The third kappa shape index (κ3) is 11.8. The Morgan fingerprint density at radius 2 is 0.778 bits per heavy atom. The van der Waals surface area contributed by atoms with E-state index >= 15 is 0 Å². The second kappa shape index (κ2) is 14.1. The summed E-state index contributed by atoms with van der Waals surface area (Å²) in [6, 6.07) is 10.3. The molecule has 2 aliphatic rings. The Morgan fingerprint density at radius 3 is 0.944 bits per heavy atom. The van der Waals surface area contributed by atoms with E-state index in [4.69, 9.17) is 0 Å². The van der Waals surface area contributed by atoms with E-state index in [0.717, 1.165) is 0 Å². The van der Waals surface area contributed by atoms with E-state index in [9.17, 15) is 0 Å². The monoisotopic (exact) mass is 385 g/mol. The van der Waals surface area contributed by atoms with E-state index in [1.807, 2.05) is 105 Å². The van der Waals surface area contributed by atoms with Gasteiger partial charge >= 0.3 is 78.0 Å². The summed E-state index contributed by atoms with van der Waals surface area (Å²) >= 11 is 2.02. The largest absolute Gasteiger partial charge is 2.00 e. The van der Waals surface area contributed by atoms with Gasteiger partial charge in [-0.3, -0.25) is 0 Å². The van der Waals surface area contributed by atoms with Crippen molar-refractivity contribution in [3.63, 3.8) is 0 Å². The summed E-state index contributed by atoms with van der Waals surface area (Å²) in [5, 5.41) is 0. The van der Waals surface area contributed by atoms with Crippen molar-refractivity contribution < 1.29 is 21.7 Å². The quantitative estimate of drug-likeness (QED) is 0.605. The average molecular weight is 383 g/mol. The second-order valence-electron chi connectivity index (χ2n) is 3.24. The first kappa shape index (κ1) is 18.7. The van der Waals surface area contributed by atoms with Crippen LogP contribution in [0.1, 0.15) is 0 Å². The van der Waals surface area contributed by atoms with Gasteiger partial charge in [0, 0.05) is 0 Å². The second-order valence-corrected chi connectivity index (χ2v) is 4.58. The molecule has 0 heterocycles. The zero-order valence-corrected chi connectivity index (χ0v) is 14.0. The van der Waals surface area contributed by atoms with Crippen LogP contribution in [-0.4, -0.2) is 22.3 Å². The molecule has 3 rings (SSSR count). The maximum atomic E-state index is 2.09. The van der Waals surface area contributed by atoms with Crippen molar-refractivity contribution >= 4 is 25.9 Å². The van der Waals surface area contributed by atoms with Crippen LogP contribution in [0.15, 0.2) is 30.3 Å². The smallest absolute Gasteiger partial charge is 2.00 e. The van der Waals surface area contributed by atoms with E-state index in [1.165, 1.54) is 3.61 Å². The summed E-state index contributed by atoms with van der Waals surface area (Å²) in [5.41, 5.74) is 0. The number of hydrogen-bond acceptors (Lipinski definition) is 0. The molecule has 2 aliphatic carbocycles. The van der Waals surface area contributed by atoms with Gasteiger partial charge in [-0.1, -0.05) is 0 Å². The standard InChI is InChI=1S/C6H5Te.2C5H5.Ti/c7-6-4-2-1-3-5-6;2*1-2-4-5-3-1;/h1-5H;2*1-5H;/q;;;+2. The maximum absolute atomic E-state index is 2.09. The molecular formula is C16H15TeTi+2. The molecule has 0 nitrogen and oxygen atoms in total. The SMILES string of the molecule is [CH]1[CH][CH][CH][CH]1.[CH]1[CH][CH][CH][CH]1.[Te]c1ccccc1.[Ti+2]. The molecule has 0 N–H and O–H groups in total. The fourth-order valence-corrected chi connectivity index (χ4v) is 1.51. The first-order valence-corrected chi connectivity index (χ1v) is 6.61. The molecule has 1 aromatic carbocycles. The van der Waals surface area contributed by atoms with Crippen molar-refractivity contribution in [1.82, 2.24) is 0 Å². The number of rotatable bonds is 0. The molecule has 0 amide bonds. The Morgan fingerprint density at radius 1 is 0.500 bits per heavy atom. The molecule has 0 saturated heterocycles. The molecule has 18 heavy (non-hydrogen) atoms. The van der Waals surface area contributed by atoms with E-state index < -0.39 is 0 Å². The summed E-state index contributed by atoms with van der Waals surface area (Å²) in [4.78, 5) is 0. The van der Waals surface area contributed by atoms with Crippen LogP contribution in [0, 0.1) is 64.2 Å². The van der Waals surface area contributed by atoms with Gasteiger partial charge < -0.3 is 0 Å². The van der Waals surface area contributed by atoms with Crippen LogP contribution in [-0.2, 0) is 21.7 Å². The Balaban J connectivity index is 0.000000239. The van der Waals surface area contributed by atoms with Crippen LogP contribution in [0.4, 0.5) is 0 Å². The minimum Gasteiger partial charge on any atom is 2.00 e. The summed E-state index contributed by atoms with van der Waals surface area (Å²) in [7, 11) is 0. The van der Waals surface area contributed by atoms with Crippen molar-refractivity contribution in [2.75, 3.05) is 0 Å². The molecule has 0 unspecified atom stereocenters. The Labute approximate surface area is 141 Å². The van der Waals surface area contributed by atoms with Gasteiger partial charge in [-0.25, -0.2) is 0 Å². The predicted molar refractivity (Wildman–Crippen MR) is 74.8 cm³/mol. The molecule has 0 bridgehead atoms. The van der Waals surface area contributed by atoms with Crippen LogP contribution in [0.2, 0.25) is 0 Å². The van der Waals surface area contributed by atoms with Crippen LogP contribution in [0.25, 0.3) is 0 Å². The fourth-order valence-electron chi connectivity index (χ4n) is 1.06. The molecule has 2 heteroatoms. The van der Waals surface area contributed by atoms with Gasteiger partial charge in [-0.2, -0.15) is 0 Å². The van der Waals surface area contributed by atoms with Gasteiger partial charge in [-0.05, 0) is 64.2 Å². The zero-order chi connectivity index (χ0) is 12.2. The molecule has 2 saturated carbocycles. The molecule has 87 valence electrons. The Kier molecular flexibility index (Phi) is 14.7. The maximum Gasteiger partial charge on any atom is 2.00 e. The molecule has 0 atom stereocenters. The normalized spacial score (nSPS) is 16.7. The van der Waals surface area contributed by atoms with Crippen molar-refractivity contribution in [3.05, 3.63) is 94.5 Å². The topological polar surface area (TPSA) is 0 Å². The first-order chi connectivity index (χ1) is 8.39. The third-order valence-corrected chi connectivity index (χ3v) is 2.63. The van der Waals surface area contributed by atoms with Crippen LogP contribution >= 0.6 is 0 Å². The Hall–Kier alpha value is 0.724. The van der Waals surface area contributed by atoms with Gasteiger partial charge in [-0.15, -0.1) is 0 Å². The van der Waals surface area contributed by atoms with Crippen LogP contribution < -0.4 is 3.61 Å². The number of hydrogen-bond donors (Lipinski definition) is 0. The minimum atomic E-state index is 0. The molecule has 1 aromatic rings. The molecule has 0 aliphatic heterocycles. The van der Waals surface area contributed by atoms with Crippen molar-refractivity contribution in [3.8, 4) is 0 Å². The van der Waals surface area contributed by atoms with Gasteiger partial charge in [0.1, 0.15) is 0 Å². The number of benzene rings is 1. The molecular weight excluding hydrogens is 368 g/mol. The van der Waals surface area contributed by atoms with Gasteiger partial charge in [0.05, 0.1) is 0 Å². The first-order valence-electron chi connectivity index (χ1n) is 5.45. The van der Waals surface area contributed by atoms with Crippen LogP contribution in [0.5, 0.6) is 0 Å². The molecule has 11 radical (unpaired) electrons. The van der Waals surface area contributed by atoms with Crippen molar-refractivity contribution in [2.45, 2.75) is 0 Å². The van der Waals surface area contributed by atoms with Crippen LogP contribution in [0.3, 0.4) is 0 Å².